The van der Waals surface area contributed by atoms with E-state index in [1.54, 1.807) is 18.3 Å². The minimum atomic E-state index is -1.47. The predicted molar refractivity (Wildman–Crippen MR) is 143 cm³/mol. The molecular formula is C30H39N3O4. The number of nitrogens with zero attached hydrogens (tertiary/aromatic N) is 3. The van der Waals surface area contributed by atoms with Crippen molar-refractivity contribution in [1.29, 1.82) is 0 Å². The minimum absolute atomic E-state index is 0.136. The topological polar surface area (TPSA) is 94.0 Å². The summed E-state index contributed by atoms with van der Waals surface area (Å²) in [5, 5.41) is 21.8. The number of aromatic nitrogens is 1. The highest BCUT2D eigenvalue weighted by molar-refractivity contribution is 5.92. The number of pyridine rings is 1. The number of anilines is 1. The molecule has 1 aromatic heterocycles. The molecule has 5 rings (SSSR count). The molecule has 3 unspecified atom stereocenters. The molecule has 2 aliphatic carbocycles. The van der Waals surface area contributed by atoms with Crippen molar-refractivity contribution in [3.8, 4) is 5.75 Å². The smallest absolute Gasteiger partial charge is 0.178 e. The third-order valence-corrected chi connectivity index (χ3v) is 9.49. The summed E-state index contributed by atoms with van der Waals surface area (Å²) in [6.45, 7) is 7.29. The fourth-order valence-electron chi connectivity index (χ4n) is 7.26. The molecule has 1 aliphatic heterocycles. The number of benzene rings is 1. The lowest BCUT2D eigenvalue weighted by atomic mass is 9.57. The Bertz CT molecular complexity index is 1150. The van der Waals surface area contributed by atoms with Crippen molar-refractivity contribution in [2.45, 2.75) is 58.0 Å². The van der Waals surface area contributed by atoms with Crippen LogP contribution in [0.2, 0.25) is 0 Å². The number of Topliss-reactive ketones (excluding diaryl/α,β-unsaturated/α-hetero) is 2. The molecule has 7 heteroatoms. The molecule has 0 bridgehead atoms. The molecule has 0 spiro atoms. The van der Waals surface area contributed by atoms with Crippen LogP contribution in [0.1, 0.15) is 50.2 Å². The lowest BCUT2D eigenvalue weighted by molar-refractivity contribution is -0.160. The van der Waals surface area contributed by atoms with Crippen molar-refractivity contribution in [3.05, 3.63) is 53.7 Å². The van der Waals surface area contributed by atoms with Crippen LogP contribution in [-0.4, -0.2) is 70.0 Å². The van der Waals surface area contributed by atoms with E-state index in [0.29, 0.717) is 12.8 Å². The fourth-order valence-corrected chi connectivity index (χ4v) is 7.26. The zero-order chi connectivity index (χ0) is 26.2. The molecule has 2 saturated carbocycles. The van der Waals surface area contributed by atoms with E-state index < -0.39 is 11.0 Å². The van der Waals surface area contributed by atoms with Crippen molar-refractivity contribution < 1.29 is 19.8 Å². The van der Waals surface area contributed by atoms with E-state index in [1.165, 1.54) is 0 Å². The molecule has 2 N–H and O–H groups in total. The second kappa shape index (κ2) is 10.2. The van der Waals surface area contributed by atoms with Gasteiger partial charge in [-0.3, -0.25) is 14.5 Å². The van der Waals surface area contributed by atoms with Gasteiger partial charge < -0.3 is 15.1 Å². The second-order valence-electron chi connectivity index (χ2n) is 11.6. The SMILES string of the molecule is Cc1ccc(O)cc1CCC1CC(=O)CC2(C)C1CC[C@]2(O)C(=O)CN1CCN(c2ccccn2)CC1. The number of aliphatic hydroxyl groups is 1. The normalized spacial score (nSPS) is 30.4. The highest BCUT2D eigenvalue weighted by atomic mass is 16.3. The number of fused-ring (bicyclic) bond motifs is 1. The van der Waals surface area contributed by atoms with Crippen LogP contribution in [0, 0.1) is 24.2 Å². The highest BCUT2D eigenvalue weighted by Crippen LogP contribution is 2.59. The van der Waals surface area contributed by atoms with Gasteiger partial charge in [-0.1, -0.05) is 19.1 Å². The summed E-state index contributed by atoms with van der Waals surface area (Å²) in [5.74, 6) is 1.49. The first kappa shape index (κ1) is 25.9. The number of rotatable bonds is 7. The van der Waals surface area contributed by atoms with Crippen LogP contribution in [0.5, 0.6) is 5.75 Å². The van der Waals surface area contributed by atoms with Crippen molar-refractivity contribution in [1.82, 2.24) is 9.88 Å². The van der Waals surface area contributed by atoms with Crippen molar-refractivity contribution >= 4 is 17.4 Å². The van der Waals surface area contributed by atoms with E-state index in [4.69, 9.17) is 0 Å². The first-order chi connectivity index (χ1) is 17.7. The van der Waals surface area contributed by atoms with Crippen LogP contribution in [0.15, 0.2) is 42.6 Å². The van der Waals surface area contributed by atoms with E-state index in [0.717, 1.165) is 62.4 Å². The molecule has 0 radical (unpaired) electrons. The van der Waals surface area contributed by atoms with Crippen LogP contribution in [-0.2, 0) is 16.0 Å². The molecule has 0 amide bonds. The lowest BCUT2D eigenvalue weighted by Gasteiger charge is -2.48. The molecule has 1 aromatic carbocycles. The molecule has 2 aromatic rings. The molecule has 198 valence electrons. The zero-order valence-corrected chi connectivity index (χ0v) is 22.0. The summed E-state index contributed by atoms with van der Waals surface area (Å²) in [5.41, 5.74) is 0.0246. The van der Waals surface area contributed by atoms with Gasteiger partial charge in [-0.25, -0.2) is 4.98 Å². The lowest BCUT2D eigenvalue weighted by Crippen LogP contribution is -2.58. The van der Waals surface area contributed by atoms with Crippen molar-refractivity contribution in [2.24, 2.45) is 17.3 Å². The van der Waals surface area contributed by atoms with E-state index in [2.05, 4.69) is 14.8 Å². The third-order valence-electron chi connectivity index (χ3n) is 9.49. The average molecular weight is 506 g/mol. The zero-order valence-electron chi connectivity index (χ0n) is 22.0. The number of piperazine rings is 1. The molecule has 1 saturated heterocycles. The van der Waals surface area contributed by atoms with Gasteiger partial charge in [-0.2, -0.15) is 0 Å². The van der Waals surface area contributed by atoms with Crippen LogP contribution in [0.4, 0.5) is 5.82 Å². The Hall–Kier alpha value is -2.77. The molecule has 3 fully saturated rings. The van der Waals surface area contributed by atoms with E-state index in [1.807, 2.05) is 38.1 Å². The summed E-state index contributed by atoms with van der Waals surface area (Å²) < 4.78 is 0. The Morgan fingerprint density at radius 1 is 1.16 bits per heavy atom. The number of carbonyl (C=O) groups excluding carboxylic acids is 2. The van der Waals surface area contributed by atoms with Gasteiger partial charge in [-0.05, 0) is 79.8 Å². The average Bonchev–Trinajstić information content (AvgIpc) is 3.16. The van der Waals surface area contributed by atoms with Gasteiger partial charge in [0.25, 0.3) is 0 Å². The summed E-state index contributed by atoms with van der Waals surface area (Å²) in [6.07, 6.45) is 5.36. The van der Waals surface area contributed by atoms with Crippen LogP contribution in [0.25, 0.3) is 0 Å². The number of phenolic OH excluding ortho intramolecular Hbond substituents is 1. The number of hydrogen-bond donors (Lipinski definition) is 2. The number of ketones is 2. The number of aryl methyl sites for hydroxylation is 2. The Morgan fingerprint density at radius 2 is 1.95 bits per heavy atom. The fraction of sp³-hybridized carbons (Fsp3) is 0.567. The van der Waals surface area contributed by atoms with Crippen molar-refractivity contribution in [2.75, 3.05) is 37.6 Å². The van der Waals surface area contributed by atoms with Gasteiger partial charge in [0, 0.05) is 50.6 Å². The van der Waals surface area contributed by atoms with Gasteiger partial charge in [0.15, 0.2) is 5.78 Å². The maximum Gasteiger partial charge on any atom is 0.178 e. The molecule has 7 nitrogen and oxygen atoms in total. The van der Waals surface area contributed by atoms with Crippen molar-refractivity contribution in [3.63, 3.8) is 0 Å². The number of carbonyl (C=O) groups is 2. The Morgan fingerprint density at radius 3 is 2.68 bits per heavy atom. The number of aromatic hydroxyl groups is 1. The predicted octanol–water partition coefficient (Wildman–Crippen LogP) is 3.55. The van der Waals surface area contributed by atoms with Gasteiger partial charge in [0.1, 0.15) is 23.0 Å². The third kappa shape index (κ3) is 4.91. The molecule has 3 aliphatic rings. The van der Waals surface area contributed by atoms with Crippen LogP contribution in [0.3, 0.4) is 0 Å². The van der Waals surface area contributed by atoms with Crippen LogP contribution >= 0.6 is 0 Å². The summed E-state index contributed by atoms with van der Waals surface area (Å²) in [6, 6.07) is 11.3. The number of hydrogen-bond acceptors (Lipinski definition) is 7. The highest BCUT2D eigenvalue weighted by Gasteiger charge is 2.63. The quantitative estimate of drug-likeness (QED) is 0.594. The molecule has 2 heterocycles. The van der Waals surface area contributed by atoms with E-state index in [-0.39, 0.29) is 42.1 Å². The molecule has 4 atom stereocenters. The first-order valence-corrected chi connectivity index (χ1v) is 13.6. The Labute approximate surface area is 219 Å². The van der Waals surface area contributed by atoms with E-state index in [9.17, 15) is 19.8 Å². The Kier molecular flexibility index (Phi) is 7.12. The largest absolute Gasteiger partial charge is 0.508 e. The summed E-state index contributed by atoms with van der Waals surface area (Å²) >= 11 is 0. The minimum Gasteiger partial charge on any atom is -0.508 e. The second-order valence-corrected chi connectivity index (χ2v) is 11.6. The maximum atomic E-state index is 13.7. The number of phenols is 1. The van der Waals surface area contributed by atoms with E-state index >= 15 is 0 Å². The maximum absolute atomic E-state index is 13.7. The first-order valence-electron chi connectivity index (χ1n) is 13.6. The monoisotopic (exact) mass is 505 g/mol. The van der Waals surface area contributed by atoms with Gasteiger partial charge in [0.05, 0.1) is 6.54 Å². The standard InChI is InChI=1S/C30H39N3O4/c1-21-6-9-24(34)17-22(21)7-8-23-18-25(35)19-29(2)26(23)10-11-30(29,37)27(36)20-32-13-15-33(16-14-32)28-5-3-4-12-31-28/h3-6,9,12,17,23,26,34,37H,7-8,10-11,13-16,18-20H2,1-2H3/t23?,26?,29?,30-/m0/s1. The van der Waals surface area contributed by atoms with Gasteiger partial charge in [0.2, 0.25) is 0 Å². The molecular weight excluding hydrogens is 466 g/mol. The summed E-state index contributed by atoms with van der Waals surface area (Å²) in [7, 11) is 0. The van der Waals surface area contributed by atoms with Gasteiger partial charge >= 0.3 is 0 Å². The van der Waals surface area contributed by atoms with Gasteiger partial charge in [-0.15, -0.1) is 0 Å². The molecule has 37 heavy (non-hydrogen) atoms. The Balaban J connectivity index is 1.24. The summed E-state index contributed by atoms with van der Waals surface area (Å²) in [4.78, 5) is 35.4. The van der Waals surface area contributed by atoms with Crippen LogP contribution < -0.4 is 4.90 Å².